The monoisotopic (exact) mass is 544 g/mol. The normalized spacial score (nSPS) is 14.7. The van der Waals surface area contributed by atoms with Crippen molar-refractivity contribution in [3.63, 3.8) is 0 Å². The molecular formula is C30H32N4O4S. The van der Waals surface area contributed by atoms with Crippen LogP contribution in [0.3, 0.4) is 0 Å². The zero-order valence-corrected chi connectivity index (χ0v) is 23.4. The highest BCUT2D eigenvalue weighted by molar-refractivity contribution is 8.14. The Balaban J connectivity index is 1.60. The van der Waals surface area contributed by atoms with E-state index in [4.69, 9.17) is 14.5 Å². The van der Waals surface area contributed by atoms with E-state index in [2.05, 4.69) is 22.0 Å². The molecule has 3 aromatic carbocycles. The quantitative estimate of drug-likeness (QED) is 0.341. The molecule has 39 heavy (non-hydrogen) atoms. The number of benzene rings is 3. The van der Waals surface area contributed by atoms with Gasteiger partial charge in [0, 0.05) is 28.7 Å². The van der Waals surface area contributed by atoms with Crippen LogP contribution in [0.1, 0.15) is 29.7 Å². The molecule has 0 radical (unpaired) electrons. The zero-order chi connectivity index (χ0) is 27.9. The SMILES string of the molecule is COc1ccc([C@H]2N=C(SCC(=O)Nc3cc(C)cc(C)c3)NC(C)=C2C(=O)Nc2ccccc2)c(OC)c1. The Morgan fingerprint density at radius 1 is 0.897 bits per heavy atom. The van der Waals surface area contributed by atoms with Gasteiger partial charge in [-0.05, 0) is 68.3 Å². The molecule has 0 fully saturated rings. The third-order valence-corrected chi connectivity index (χ3v) is 6.96. The number of hydrogen-bond acceptors (Lipinski definition) is 7. The van der Waals surface area contributed by atoms with Crippen molar-refractivity contribution in [1.82, 2.24) is 5.32 Å². The van der Waals surface area contributed by atoms with Gasteiger partial charge in [-0.25, -0.2) is 4.99 Å². The third kappa shape index (κ3) is 7.00. The van der Waals surface area contributed by atoms with Crippen molar-refractivity contribution in [3.05, 3.63) is 94.7 Å². The standard InChI is InChI=1S/C30H32N4O4S/c1-18-13-19(2)15-22(14-18)32-26(35)17-39-30-31-20(3)27(29(36)33-21-9-7-6-8-10-21)28(34-30)24-12-11-23(37-4)16-25(24)38-5/h6-16,28H,17H2,1-5H3,(H,31,34)(H,32,35)(H,33,36)/t28-/m1/s1. The van der Waals surface area contributed by atoms with Gasteiger partial charge in [0.1, 0.15) is 17.5 Å². The second-order valence-electron chi connectivity index (χ2n) is 9.14. The summed E-state index contributed by atoms with van der Waals surface area (Å²) in [5.74, 6) is 0.878. The Morgan fingerprint density at radius 2 is 1.62 bits per heavy atom. The summed E-state index contributed by atoms with van der Waals surface area (Å²) in [6.07, 6.45) is 0. The van der Waals surface area contributed by atoms with Crippen molar-refractivity contribution in [1.29, 1.82) is 0 Å². The van der Waals surface area contributed by atoms with E-state index in [1.165, 1.54) is 11.8 Å². The Morgan fingerprint density at radius 3 is 2.28 bits per heavy atom. The highest BCUT2D eigenvalue weighted by Crippen LogP contribution is 2.39. The first-order chi connectivity index (χ1) is 18.8. The molecule has 1 aliphatic heterocycles. The lowest BCUT2D eigenvalue weighted by atomic mass is 9.95. The molecule has 1 atom stereocenters. The summed E-state index contributed by atoms with van der Waals surface area (Å²) in [6.45, 7) is 5.81. The van der Waals surface area contributed by atoms with E-state index < -0.39 is 6.04 Å². The van der Waals surface area contributed by atoms with Crippen molar-refractivity contribution >= 4 is 40.1 Å². The molecule has 1 aliphatic rings. The lowest BCUT2D eigenvalue weighted by molar-refractivity contribution is -0.114. The molecule has 0 saturated carbocycles. The van der Waals surface area contributed by atoms with Crippen molar-refractivity contribution in [3.8, 4) is 11.5 Å². The molecule has 3 aromatic rings. The van der Waals surface area contributed by atoms with Gasteiger partial charge >= 0.3 is 0 Å². The number of amidine groups is 1. The van der Waals surface area contributed by atoms with Crippen LogP contribution < -0.4 is 25.4 Å². The maximum absolute atomic E-state index is 13.5. The van der Waals surface area contributed by atoms with Crippen LogP contribution in [0.5, 0.6) is 11.5 Å². The minimum Gasteiger partial charge on any atom is -0.497 e. The van der Waals surface area contributed by atoms with Crippen LogP contribution in [0, 0.1) is 13.8 Å². The van der Waals surface area contributed by atoms with Crippen LogP contribution in [0.25, 0.3) is 0 Å². The Kier molecular flexibility index (Phi) is 8.93. The largest absolute Gasteiger partial charge is 0.497 e. The predicted octanol–water partition coefficient (Wildman–Crippen LogP) is 5.61. The zero-order valence-electron chi connectivity index (χ0n) is 22.6. The molecule has 0 aromatic heterocycles. The Labute approximate surface area is 232 Å². The summed E-state index contributed by atoms with van der Waals surface area (Å²) < 4.78 is 11.0. The highest BCUT2D eigenvalue weighted by atomic mass is 32.2. The number of anilines is 2. The third-order valence-electron chi connectivity index (χ3n) is 6.08. The first kappa shape index (κ1) is 27.8. The van der Waals surface area contributed by atoms with Gasteiger partial charge in [0.15, 0.2) is 5.17 Å². The van der Waals surface area contributed by atoms with E-state index in [9.17, 15) is 9.59 Å². The lowest BCUT2D eigenvalue weighted by Gasteiger charge is -2.27. The molecule has 1 heterocycles. The van der Waals surface area contributed by atoms with E-state index in [0.717, 1.165) is 16.8 Å². The van der Waals surface area contributed by atoms with Crippen molar-refractivity contribution < 1.29 is 19.1 Å². The number of nitrogens with zero attached hydrogens (tertiary/aromatic N) is 1. The molecule has 0 aliphatic carbocycles. The number of methoxy groups -OCH3 is 2. The summed E-state index contributed by atoms with van der Waals surface area (Å²) in [5, 5.41) is 9.66. The molecule has 0 saturated heterocycles. The smallest absolute Gasteiger partial charge is 0.255 e. The minimum atomic E-state index is -0.666. The van der Waals surface area contributed by atoms with Gasteiger partial charge in [-0.15, -0.1) is 0 Å². The van der Waals surface area contributed by atoms with Gasteiger partial charge in [-0.1, -0.05) is 36.0 Å². The number of ether oxygens (including phenoxy) is 2. The second kappa shape index (κ2) is 12.5. The van der Waals surface area contributed by atoms with Crippen LogP contribution in [-0.2, 0) is 9.59 Å². The van der Waals surface area contributed by atoms with E-state index in [1.807, 2.05) is 75.4 Å². The molecule has 8 nitrogen and oxygen atoms in total. The number of carbonyl (C=O) groups is 2. The molecule has 2 amide bonds. The molecule has 0 bridgehead atoms. The molecule has 3 N–H and O–H groups in total. The summed E-state index contributed by atoms with van der Waals surface area (Å²) in [4.78, 5) is 31.1. The number of hydrogen-bond donors (Lipinski definition) is 3. The number of para-hydroxylation sites is 1. The maximum Gasteiger partial charge on any atom is 0.255 e. The Bertz CT molecular complexity index is 1420. The first-order valence-corrected chi connectivity index (χ1v) is 13.4. The van der Waals surface area contributed by atoms with Gasteiger partial charge in [-0.2, -0.15) is 0 Å². The number of aryl methyl sites for hydroxylation is 2. The number of allylic oxidation sites excluding steroid dienone is 1. The van der Waals surface area contributed by atoms with Crippen molar-refractivity contribution in [2.75, 3.05) is 30.6 Å². The molecule has 4 rings (SSSR count). The lowest BCUT2D eigenvalue weighted by Crippen LogP contribution is -2.33. The molecule has 0 unspecified atom stereocenters. The van der Waals surface area contributed by atoms with Crippen LogP contribution in [0.2, 0.25) is 0 Å². The fourth-order valence-corrected chi connectivity index (χ4v) is 5.13. The van der Waals surface area contributed by atoms with E-state index >= 15 is 0 Å². The maximum atomic E-state index is 13.5. The molecular weight excluding hydrogens is 512 g/mol. The van der Waals surface area contributed by atoms with E-state index in [1.54, 1.807) is 20.3 Å². The number of carbonyl (C=O) groups excluding carboxylic acids is 2. The fraction of sp³-hybridized carbons (Fsp3) is 0.233. The molecule has 0 spiro atoms. The number of rotatable bonds is 8. The van der Waals surface area contributed by atoms with Crippen LogP contribution in [0.4, 0.5) is 11.4 Å². The van der Waals surface area contributed by atoms with Crippen LogP contribution in [0.15, 0.2) is 83.0 Å². The average Bonchev–Trinajstić information content (AvgIpc) is 2.91. The summed E-state index contributed by atoms with van der Waals surface area (Å²) >= 11 is 1.27. The average molecular weight is 545 g/mol. The highest BCUT2D eigenvalue weighted by Gasteiger charge is 2.32. The second-order valence-corrected chi connectivity index (χ2v) is 10.1. The number of nitrogens with one attached hydrogen (secondary N) is 3. The van der Waals surface area contributed by atoms with Gasteiger partial charge in [0.25, 0.3) is 5.91 Å². The fourth-order valence-electron chi connectivity index (χ4n) is 4.38. The topological polar surface area (TPSA) is 101 Å². The summed E-state index contributed by atoms with van der Waals surface area (Å²) in [6, 6.07) is 19.9. The molecule has 202 valence electrons. The minimum absolute atomic E-state index is 0.143. The number of amides is 2. The van der Waals surface area contributed by atoms with E-state index in [0.29, 0.717) is 39.2 Å². The molecule has 9 heteroatoms. The van der Waals surface area contributed by atoms with E-state index in [-0.39, 0.29) is 17.6 Å². The predicted molar refractivity (Wildman–Crippen MR) is 158 cm³/mol. The summed E-state index contributed by atoms with van der Waals surface area (Å²) in [7, 11) is 3.15. The van der Waals surface area contributed by atoms with Gasteiger partial charge in [-0.3, -0.25) is 9.59 Å². The Hall–Kier alpha value is -4.24. The van der Waals surface area contributed by atoms with Gasteiger partial charge in [0.2, 0.25) is 5.91 Å². The van der Waals surface area contributed by atoms with Gasteiger partial charge < -0.3 is 25.4 Å². The van der Waals surface area contributed by atoms with Crippen molar-refractivity contribution in [2.24, 2.45) is 4.99 Å². The van der Waals surface area contributed by atoms with Gasteiger partial charge in [0.05, 0.1) is 25.5 Å². The first-order valence-electron chi connectivity index (χ1n) is 12.4. The summed E-state index contributed by atoms with van der Waals surface area (Å²) in [5.41, 5.74) is 5.38. The van der Waals surface area contributed by atoms with Crippen molar-refractivity contribution in [2.45, 2.75) is 26.8 Å². The van der Waals surface area contributed by atoms with Crippen LogP contribution >= 0.6 is 11.8 Å². The number of aliphatic imine (C=N–C) groups is 1. The number of thioether (sulfide) groups is 1. The van der Waals surface area contributed by atoms with Crippen LogP contribution in [-0.4, -0.2) is 37.0 Å².